The molecule has 0 bridgehead atoms. The number of carbonyl (C=O) groups is 1. The van der Waals surface area contributed by atoms with Crippen molar-refractivity contribution in [1.82, 2.24) is 20.3 Å². The highest BCUT2D eigenvalue weighted by Gasteiger charge is 2.14. The van der Waals surface area contributed by atoms with Crippen LogP contribution in [0, 0.1) is 0 Å². The number of ether oxygens (including phenoxy) is 2. The molecule has 0 radical (unpaired) electrons. The number of amides is 1. The molecule has 2 aromatic carbocycles. The molecule has 0 saturated heterocycles. The van der Waals surface area contributed by atoms with Gasteiger partial charge in [0.2, 0.25) is 6.79 Å². The molecule has 1 amide bonds. The number of carbonyl (C=O) groups excluding carboxylic acids is 1. The third-order valence-electron chi connectivity index (χ3n) is 4.69. The number of nitrogens with one attached hydrogen (secondary N) is 2. The second-order valence-corrected chi connectivity index (χ2v) is 6.66. The van der Waals surface area contributed by atoms with E-state index >= 15 is 0 Å². The minimum atomic E-state index is -0.297. The van der Waals surface area contributed by atoms with Crippen LogP contribution in [0.3, 0.4) is 0 Å². The number of hydrogen-bond donors (Lipinski definition) is 2. The van der Waals surface area contributed by atoms with E-state index in [4.69, 9.17) is 9.47 Å². The maximum atomic E-state index is 12.6. The van der Waals surface area contributed by atoms with Crippen LogP contribution in [0.2, 0.25) is 0 Å². The molecule has 8 nitrogen and oxygen atoms in total. The molecule has 0 fully saturated rings. The Morgan fingerprint density at radius 3 is 2.83 bits per heavy atom. The minimum absolute atomic E-state index is 0.216. The summed E-state index contributed by atoms with van der Waals surface area (Å²) >= 11 is 0. The van der Waals surface area contributed by atoms with Gasteiger partial charge in [0.25, 0.3) is 5.91 Å². The largest absolute Gasteiger partial charge is 0.454 e. The van der Waals surface area contributed by atoms with E-state index in [-0.39, 0.29) is 18.4 Å². The fraction of sp³-hybridized carbons (Fsp3) is 0.0909. The Balaban J connectivity index is 1.30. The minimum Gasteiger partial charge on any atom is -0.454 e. The summed E-state index contributed by atoms with van der Waals surface area (Å²) in [5, 5.41) is 7.09. The summed E-state index contributed by atoms with van der Waals surface area (Å²) < 4.78 is 10.7. The van der Waals surface area contributed by atoms with Gasteiger partial charge >= 0.3 is 0 Å². The van der Waals surface area contributed by atoms with Crippen LogP contribution in [0.5, 0.6) is 11.5 Å². The highest BCUT2D eigenvalue weighted by Crippen LogP contribution is 2.32. The second kappa shape index (κ2) is 7.67. The van der Waals surface area contributed by atoms with Crippen molar-refractivity contribution in [2.24, 2.45) is 0 Å². The number of rotatable bonds is 5. The van der Waals surface area contributed by atoms with Crippen molar-refractivity contribution < 1.29 is 14.3 Å². The normalized spacial score (nSPS) is 12.0. The molecule has 2 aromatic heterocycles. The molecule has 3 heterocycles. The first-order chi connectivity index (χ1) is 14.8. The van der Waals surface area contributed by atoms with E-state index in [1.54, 1.807) is 12.3 Å². The van der Waals surface area contributed by atoms with Gasteiger partial charge in [-0.1, -0.05) is 24.3 Å². The van der Waals surface area contributed by atoms with Crippen LogP contribution < -0.4 is 20.1 Å². The predicted molar refractivity (Wildman–Crippen MR) is 111 cm³/mol. The van der Waals surface area contributed by atoms with Crippen LogP contribution >= 0.6 is 0 Å². The summed E-state index contributed by atoms with van der Waals surface area (Å²) in [4.78, 5) is 25.3. The van der Waals surface area contributed by atoms with E-state index in [1.807, 2.05) is 48.5 Å². The van der Waals surface area contributed by atoms with Gasteiger partial charge in [0.15, 0.2) is 11.5 Å². The van der Waals surface area contributed by atoms with Gasteiger partial charge in [0.05, 0.1) is 11.2 Å². The van der Waals surface area contributed by atoms with Crippen LogP contribution in [0.1, 0.15) is 16.1 Å². The molecule has 148 valence electrons. The Morgan fingerprint density at radius 2 is 1.87 bits per heavy atom. The molecule has 8 heteroatoms. The molecule has 4 aromatic rings. The molecular weight excluding hydrogens is 382 g/mol. The molecule has 0 spiro atoms. The highest BCUT2D eigenvalue weighted by atomic mass is 16.7. The molecule has 1 aliphatic rings. The number of nitrogens with zero attached hydrogens (tertiary/aromatic N) is 3. The SMILES string of the molecule is O=C(NCc1ccc2c(c1)OCO2)c1cc(Nc2cccc3cccnc23)ncn1. The quantitative estimate of drug-likeness (QED) is 0.530. The zero-order valence-electron chi connectivity index (χ0n) is 15.8. The second-order valence-electron chi connectivity index (χ2n) is 6.66. The molecule has 0 atom stereocenters. The zero-order valence-corrected chi connectivity index (χ0v) is 15.8. The summed E-state index contributed by atoms with van der Waals surface area (Å²) in [5.74, 6) is 1.60. The lowest BCUT2D eigenvalue weighted by Crippen LogP contribution is -2.24. The summed E-state index contributed by atoms with van der Waals surface area (Å²) in [6.45, 7) is 0.559. The lowest BCUT2D eigenvalue weighted by atomic mass is 10.2. The molecule has 1 aliphatic heterocycles. The van der Waals surface area contributed by atoms with Gasteiger partial charge in [0.1, 0.15) is 17.8 Å². The summed E-state index contributed by atoms with van der Waals surface area (Å²) in [7, 11) is 0. The lowest BCUT2D eigenvalue weighted by molar-refractivity contribution is 0.0945. The van der Waals surface area contributed by atoms with E-state index in [1.165, 1.54) is 6.33 Å². The van der Waals surface area contributed by atoms with E-state index < -0.39 is 0 Å². The van der Waals surface area contributed by atoms with Crippen LogP contribution in [0.4, 0.5) is 11.5 Å². The first kappa shape index (κ1) is 17.9. The monoisotopic (exact) mass is 399 g/mol. The summed E-state index contributed by atoms with van der Waals surface area (Å²) in [5.41, 5.74) is 2.80. The Hall–Kier alpha value is -4.20. The number of aromatic nitrogens is 3. The van der Waals surface area contributed by atoms with Crippen molar-refractivity contribution in [3.8, 4) is 11.5 Å². The fourth-order valence-corrected chi connectivity index (χ4v) is 3.22. The van der Waals surface area contributed by atoms with E-state index in [0.717, 1.165) is 22.2 Å². The maximum Gasteiger partial charge on any atom is 0.270 e. The van der Waals surface area contributed by atoms with Crippen LogP contribution in [0.15, 0.2) is 67.1 Å². The van der Waals surface area contributed by atoms with Gasteiger partial charge in [-0.15, -0.1) is 0 Å². The first-order valence-corrected chi connectivity index (χ1v) is 9.36. The third kappa shape index (κ3) is 3.58. The lowest BCUT2D eigenvalue weighted by Gasteiger charge is -2.10. The summed E-state index contributed by atoms with van der Waals surface area (Å²) in [6, 6.07) is 16.9. The van der Waals surface area contributed by atoms with Crippen molar-refractivity contribution in [2.75, 3.05) is 12.1 Å². The van der Waals surface area contributed by atoms with Gasteiger partial charge in [-0.05, 0) is 29.8 Å². The van der Waals surface area contributed by atoms with Crippen molar-refractivity contribution in [2.45, 2.75) is 6.54 Å². The van der Waals surface area contributed by atoms with E-state index in [2.05, 4.69) is 25.6 Å². The number of pyridine rings is 1. The van der Waals surface area contributed by atoms with Gasteiger partial charge in [-0.3, -0.25) is 9.78 Å². The molecule has 0 saturated carbocycles. The van der Waals surface area contributed by atoms with E-state index in [9.17, 15) is 4.79 Å². The molecule has 30 heavy (non-hydrogen) atoms. The Bertz CT molecular complexity index is 1240. The number of anilines is 2. The topological polar surface area (TPSA) is 98.3 Å². The molecule has 2 N–H and O–H groups in total. The molecular formula is C22H17N5O3. The van der Waals surface area contributed by atoms with Crippen molar-refractivity contribution in [3.05, 3.63) is 78.4 Å². The standard InChI is InChI=1S/C22H17N5O3/c28-22(24-11-14-6-7-18-19(9-14)30-13-29-18)17-10-20(26-12-25-17)27-16-5-1-3-15-4-2-8-23-21(15)16/h1-10,12H,11,13H2,(H,24,28)(H,25,26,27). The summed E-state index contributed by atoms with van der Waals surface area (Å²) in [6.07, 6.45) is 3.10. The smallest absolute Gasteiger partial charge is 0.270 e. The van der Waals surface area contributed by atoms with Gasteiger partial charge in [-0.25, -0.2) is 9.97 Å². The number of para-hydroxylation sites is 1. The highest BCUT2D eigenvalue weighted by molar-refractivity contribution is 5.94. The Morgan fingerprint density at radius 1 is 0.967 bits per heavy atom. The van der Waals surface area contributed by atoms with Crippen molar-refractivity contribution in [3.63, 3.8) is 0 Å². The zero-order chi connectivity index (χ0) is 20.3. The van der Waals surface area contributed by atoms with Gasteiger partial charge in [0, 0.05) is 24.2 Å². The Kier molecular flexibility index (Phi) is 4.57. The van der Waals surface area contributed by atoms with Crippen molar-refractivity contribution >= 4 is 28.3 Å². The van der Waals surface area contributed by atoms with Crippen molar-refractivity contribution in [1.29, 1.82) is 0 Å². The molecule has 5 rings (SSSR count). The average molecular weight is 399 g/mol. The van der Waals surface area contributed by atoms with Gasteiger partial charge in [-0.2, -0.15) is 0 Å². The first-order valence-electron chi connectivity index (χ1n) is 9.36. The maximum absolute atomic E-state index is 12.6. The van der Waals surface area contributed by atoms with Gasteiger partial charge < -0.3 is 20.1 Å². The molecule has 0 unspecified atom stereocenters. The number of hydrogen-bond acceptors (Lipinski definition) is 7. The van der Waals surface area contributed by atoms with E-state index in [0.29, 0.717) is 23.9 Å². The van der Waals surface area contributed by atoms with Crippen LogP contribution in [-0.2, 0) is 6.54 Å². The fourth-order valence-electron chi connectivity index (χ4n) is 3.22. The predicted octanol–water partition coefficient (Wildman–Crippen LogP) is 3.43. The van der Waals surface area contributed by atoms with Crippen LogP contribution in [-0.4, -0.2) is 27.7 Å². The Labute approximate surface area is 171 Å². The van der Waals surface area contributed by atoms with Crippen LogP contribution in [0.25, 0.3) is 10.9 Å². The average Bonchev–Trinajstić information content (AvgIpc) is 3.26. The third-order valence-corrected chi connectivity index (χ3v) is 4.69. The number of benzene rings is 2. The molecule has 0 aliphatic carbocycles. The number of fused-ring (bicyclic) bond motifs is 2.